The summed E-state index contributed by atoms with van der Waals surface area (Å²) in [6, 6.07) is 8.78. The molecule has 1 N–H and O–H groups in total. The molecule has 6 nitrogen and oxygen atoms in total. The zero-order valence-corrected chi connectivity index (χ0v) is 14.7. The molecule has 0 aliphatic carbocycles. The minimum absolute atomic E-state index is 0.159. The van der Waals surface area contributed by atoms with Crippen LogP contribution < -0.4 is 15.1 Å². The lowest BCUT2D eigenvalue weighted by Gasteiger charge is -2.35. The standard InChI is InChI=1S/C19H25N5O/c1-15(25)22-10-12-24(13-11-22)19-18-3-2-17(14-16(18)4-5-21-19)23-8-6-20-7-9-23/h2-5,14,20H,6-13H2,1H3. The molecule has 1 aromatic heterocycles. The third-order valence-corrected chi connectivity index (χ3v) is 5.23. The van der Waals surface area contributed by atoms with Gasteiger partial charge in [0.05, 0.1) is 0 Å². The number of rotatable bonds is 2. The van der Waals surface area contributed by atoms with Crippen molar-refractivity contribution in [3.8, 4) is 0 Å². The number of amides is 1. The highest BCUT2D eigenvalue weighted by Gasteiger charge is 2.21. The van der Waals surface area contributed by atoms with Gasteiger partial charge in [0.15, 0.2) is 0 Å². The van der Waals surface area contributed by atoms with Crippen molar-refractivity contribution < 1.29 is 4.79 Å². The van der Waals surface area contributed by atoms with E-state index in [0.29, 0.717) is 0 Å². The molecule has 0 spiro atoms. The molecule has 132 valence electrons. The van der Waals surface area contributed by atoms with Gasteiger partial charge in [0.2, 0.25) is 5.91 Å². The lowest BCUT2D eigenvalue weighted by molar-refractivity contribution is -0.129. The quantitative estimate of drug-likeness (QED) is 0.894. The second-order valence-corrected chi connectivity index (χ2v) is 6.77. The van der Waals surface area contributed by atoms with Crippen LogP contribution in [-0.2, 0) is 4.79 Å². The molecule has 2 aliphatic heterocycles. The first-order valence-corrected chi connectivity index (χ1v) is 9.07. The molecule has 0 radical (unpaired) electrons. The smallest absolute Gasteiger partial charge is 0.219 e. The number of hydrogen-bond acceptors (Lipinski definition) is 5. The summed E-state index contributed by atoms with van der Waals surface area (Å²) in [6.07, 6.45) is 1.90. The number of nitrogens with one attached hydrogen (secondary N) is 1. The zero-order chi connectivity index (χ0) is 17.2. The molecular weight excluding hydrogens is 314 g/mol. The number of aromatic nitrogens is 1. The van der Waals surface area contributed by atoms with Gasteiger partial charge in [0.1, 0.15) is 5.82 Å². The third-order valence-electron chi connectivity index (χ3n) is 5.23. The van der Waals surface area contributed by atoms with Crippen molar-refractivity contribution >= 4 is 28.2 Å². The van der Waals surface area contributed by atoms with E-state index in [2.05, 4.69) is 44.4 Å². The number of fused-ring (bicyclic) bond motifs is 1. The van der Waals surface area contributed by atoms with Crippen LogP contribution in [0.2, 0.25) is 0 Å². The monoisotopic (exact) mass is 339 g/mol. The Hall–Kier alpha value is -2.34. The maximum absolute atomic E-state index is 11.5. The van der Waals surface area contributed by atoms with Gasteiger partial charge < -0.3 is 20.0 Å². The van der Waals surface area contributed by atoms with Crippen LogP contribution in [0.5, 0.6) is 0 Å². The van der Waals surface area contributed by atoms with Gasteiger partial charge in [0.25, 0.3) is 0 Å². The van der Waals surface area contributed by atoms with E-state index in [1.807, 2.05) is 11.1 Å². The summed E-state index contributed by atoms with van der Waals surface area (Å²) >= 11 is 0. The molecule has 0 unspecified atom stereocenters. The van der Waals surface area contributed by atoms with Crippen LogP contribution in [0.4, 0.5) is 11.5 Å². The van der Waals surface area contributed by atoms with E-state index in [1.165, 1.54) is 16.5 Å². The van der Waals surface area contributed by atoms with E-state index < -0.39 is 0 Å². The van der Waals surface area contributed by atoms with E-state index in [4.69, 9.17) is 0 Å². The number of benzene rings is 1. The summed E-state index contributed by atoms with van der Waals surface area (Å²) in [5.41, 5.74) is 1.28. The molecule has 2 aliphatic rings. The largest absolute Gasteiger partial charge is 0.369 e. The van der Waals surface area contributed by atoms with Crippen molar-refractivity contribution in [2.24, 2.45) is 0 Å². The minimum Gasteiger partial charge on any atom is -0.369 e. The zero-order valence-electron chi connectivity index (χ0n) is 14.7. The molecule has 4 rings (SSSR count). The van der Waals surface area contributed by atoms with Crippen molar-refractivity contribution in [3.05, 3.63) is 30.5 Å². The Morgan fingerprint density at radius 2 is 1.76 bits per heavy atom. The molecule has 2 saturated heterocycles. The fourth-order valence-electron chi connectivity index (χ4n) is 3.75. The van der Waals surface area contributed by atoms with Crippen molar-refractivity contribution in [1.29, 1.82) is 0 Å². The molecular formula is C19H25N5O. The van der Waals surface area contributed by atoms with Crippen molar-refractivity contribution in [3.63, 3.8) is 0 Å². The second-order valence-electron chi connectivity index (χ2n) is 6.77. The summed E-state index contributed by atoms with van der Waals surface area (Å²) in [7, 11) is 0. The summed E-state index contributed by atoms with van der Waals surface area (Å²) < 4.78 is 0. The van der Waals surface area contributed by atoms with Crippen molar-refractivity contribution in [2.45, 2.75) is 6.92 Å². The van der Waals surface area contributed by atoms with Crippen molar-refractivity contribution in [2.75, 3.05) is 62.2 Å². The van der Waals surface area contributed by atoms with Crippen LogP contribution in [-0.4, -0.2) is 68.1 Å². The summed E-state index contributed by atoms with van der Waals surface area (Å²) in [6.45, 7) is 9.05. The Morgan fingerprint density at radius 1 is 1.00 bits per heavy atom. The number of anilines is 2. The molecule has 1 amide bonds. The summed E-state index contributed by atoms with van der Waals surface area (Å²) in [5.74, 6) is 1.19. The molecule has 2 fully saturated rings. The number of pyridine rings is 1. The van der Waals surface area contributed by atoms with Crippen molar-refractivity contribution in [1.82, 2.24) is 15.2 Å². The van der Waals surface area contributed by atoms with E-state index in [0.717, 1.165) is 58.2 Å². The number of hydrogen-bond donors (Lipinski definition) is 1. The van der Waals surface area contributed by atoms with E-state index in [-0.39, 0.29) is 5.91 Å². The lowest BCUT2D eigenvalue weighted by atomic mass is 10.1. The van der Waals surface area contributed by atoms with E-state index >= 15 is 0 Å². The van der Waals surface area contributed by atoms with Gasteiger partial charge in [-0.3, -0.25) is 4.79 Å². The van der Waals surface area contributed by atoms with Crippen LogP contribution in [0, 0.1) is 0 Å². The van der Waals surface area contributed by atoms with E-state index in [1.54, 1.807) is 6.92 Å². The predicted molar refractivity (Wildman–Crippen MR) is 101 cm³/mol. The Bertz CT molecular complexity index is 763. The lowest BCUT2D eigenvalue weighted by Crippen LogP contribution is -2.48. The Labute approximate surface area is 148 Å². The third kappa shape index (κ3) is 3.26. The van der Waals surface area contributed by atoms with Gasteiger partial charge in [-0.25, -0.2) is 4.98 Å². The van der Waals surface area contributed by atoms with Gasteiger partial charge in [-0.05, 0) is 29.7 Å². The molecule has 25 heavy (non-hydrogen) atoms. The number of carbonyl (C=O) groups is 1. The number of piperazine rings is 2. The number of nitrogens with zero attached hydrogens (tertiary/aromatic N) is 4. The molecule has 3 heterocycles. The maximum Gasteiger partial charge on any atom is 0.219 e. The van der Waals surface area contributed by atoms with Gasteiger partial charge >= 0.3 is 0 Å². The fourth-order valence-corrected chi connectivity index (χ4v) is 3.75. The average Bonchev–Trinajstić information content (AvgIpc) is 2.68. The molecule has 1 aromatic carbocycles. The molecule has 0 bridgehead atoms. The fraction of sp³-hybridized carbons (Fsp3) is 0.474. The van der Waals surface area contributed by atoms with Gasteiger partial charge in [-0.1, -0.05) is 0 Å². The predicted octanol–water partition coefficient (Wildman–Crippen LogP) is 1.31. The Kier molecular flexibility index (Phi) is 4.44. The first-order valence-electron chi connectivity index (χ1n) is 9.07. The topological polar surface area (TPSA) is 51.7 Å². The van der Waals surface area contributed by atoms with Crippen LogP contribution in [0.1, 0.15) is 6.92 Å². The summed E-state index contributed by atoms with van der Waals surface area (Å²) in [4.78, 5) is 22.8. The normalized spacial score (nSPS) is 18.7. The maximum atomic E-state index is 11.5. The van der Waals surface area contributed by atoms with Gasteiger partial charge in [-0.15, -0.1) is 0 Å². The molecule has 0 atom stereocenters. The van der Waals surface area contributed by atoms with Gasteiger partial charge in [-0.2, -0.15) is 0 Å². The SMILES string of the molecule is CC(=O)N1CCN(c2nccc3cc(N4CCNCC4)ccc23)CC1. The highest BCUT2D eigenvalue weighted by Crippen LogP contribution is 2.29. The second kappa shape index (κ2) is 6.88. The van der Waals surface area contributed by atoms with Crippen LogP contribution >= 0.6 is 0 Å². The molecule has 0 saturated carbocycles. The highest BCUT2D eigenvalue weighted by molar-refractivity contribution is 5.94. The molecule has 2 aromatic rings. The minimum atomic E-state index is 0.159. The van der Waals surface area contributed by atoms with Crippen LogP contribution in [0.3, 0.4) is 0 Å². The molecule has 6 heteroatoms. The van der Waals surface area contributed by atoms with Crippen LogP contribution in [0.25, 0.3) is 10.8 Å². The Morgan fingerprint density at radius 3 is 2.48 bits per heavy atom. The first-order chi connectivity index (χ1) is 12.2. The number of carbonyl (C=O) groups excluding carboxylic acids is 1. The van der Waals surface area contributed by atoms with Gasteiger partial charge in [0, 0.05) is 76.6 Å². The average molecular weight is 339 g/mol. The Balaban J connectivity index is 1.59. The summed E-state index contributed by atoms with van der Waals surface area (Å²) in [5, 5.41) is 5.82. The van der Waals surface area contributed by atoms with E-state index in [9.17, 15) is 4.79 Å². The van der Waals surface area contributed by atoms with Crippen LogP contribution in [0.15, 0.2) is 30.5 Å². The highest BCUT2D eigenvalue weighted by atomic mass is 16.2. The first kappa shape index (κ1) is 16.1.